The van der Waals surface area contributed by atoms with E-state index < -0.39 is 17.9 Å². The van der Waals surface area contributed by atoms with Crippen LogP contribution in [-0.4, -0.2) is 29.7 Å². The van der Waals surface area contributed by atoms with Gasteiger partial charge in [-0.2, -0.15) is 11.3 Å². The average Bonchev–Trinajstić information content (AvgIpc) is 3.09. The van der Waals surface area contributed by atoms with Crippen LogP contribution in [0.5, 0.6) is 0 Å². The van der Waals surface area contributed by atoms with Crippen molar-refractivity contribution in [1.82, 2.24) is 5.32 Å². The molecule has 0 spiro atoms. The first-order valence-corrected chi connectivity index (χ1v) is 9.21. The van der Waals surface area contributed by atoms with E-state index in [1.165, 1.54) is 23.1 Å². The summed E-state index contributed by atoms with van der Waals surface area (Å²) < 4.78 is 0. The van der Waals surface area contributed by atoms with Crippen molar-refractivity contribution < 1.29 is 14.7 Å². The highest BCUT2D eigenvalue weighted by atomic mass is 32.2. The molecular formula is C16H18N2O3S2. The zero-order chi connectivity index (χ0) is 16.7. The lowest BCUT2D eigenvalue weighted by Crippen LogP contribution is -2.36. The first-order chi connectivity index (χ1) is 11.1. The number of aliphatic hydroxyl groups excluding tert-OH is 1. The summed E-state index contributed by atoms with van der Waals surface area (Å²) in [6, 6.07) is 9.12. The molecule has 0 aliphatic heterocycles. The van der Waals surface area contributed by atoms with Gasteiger partial charge in [0.05, 0.1) is 11.8 Å². The van der Waals surface area contributed by atoms with Crippen LogP contribution in [-0.2, 0) is 9.59 Å². The van der Waals surface area contributed by atoms with Crippen LogP contribution in [0.25, 0.3) is 0 Å². The van der Waals surface area contributed by atoms with Gasteiger partial charge in [0.1, 0.15) is 0 Å². The summed E-state index contributed by atoms with van der Waals surface area (Å²) in [4.78, 5) is 24.6. The monoisotopic (exact) mass is 350 g/mol. The van der Waals surface area contributed by atoms with E-state index in [1.807, 2.05) is 35.2 Å². The van der Waals surface area contributed by atoms with E-state index in [0.29, 0.717) is 12.1 Å². The molecule has 7 heteroatoms. The second-order valence-electron chi connectivity index (χ2n) is 4.77. The first kappa shape index (κ1) is 17.5. The smallest absolute Gasteiger partial charge is 0.313 e. The van der Waals surface area contributed by atoms with Gasteiger partial charge in [-0.05, 0) is 47.2 Å². The number of benzene rings is 1. The standard InChI is InChI=1S/C16H18N2O3S2/c1-22-14-5-3-2-4-12(14)18-16(21)15(20)17-8-6-13(19)11-7-9-23-10-11/h2-5,7,9-10,13,19H,6,8H2,1H3,(H,17,20)(H,18,21). The van der Waals surface area contributed by atoms with Crippen molar-refractivity contribution in [3.05, 3.63) is 46.7 Å². The topological polar surface area (TPSA) is 78.4 Å². The van der Waals surface area contributed by atoms with Gasteiger partial charge in [0.25, 0.3) is 0 Å². The van der Waals surface area contributed by atoms with E-state index in [1.54, 1.807) is 12.1 Å². The molecule has 1 aromatic carbocycles. The number of hydrogen-bond acceptors (Lipinski definition) is 5. The van der Waals surface area contributed by atoms with Gasteiger partial charge in [0.15, 0.2) is 0 Å². The van der Waals surface area contributed by atoms with E-state index in [9.17, 15) is 14.7 Å². The Hall–Kier alpha value is -1.83. The molecule has 0 bridgehead atoms. The van der Waals surface area contributed by atoms with Crippen molar-refractivity contribution in [3.8, 4) is 0 Å². The number of anilines is 1. The number of thioether (sulfide) groups is 1. The highest BCUT2D eigenvalue weighted by molar-refractivity contribution is 7.98. The number of para-hydroxylation sites is 1. The van der Waals surface area contributed by atoms with Crippen LogP contribution in [0.4, 0.5) is 5.69 Å². The molecular weight excluding hydrogens is 332 g/mol. The Kier molecular flexibility index (Phi) is 6.64. The molecule has 0 saturated carbocycles. The SMILES string of the molecule is CSc1ccccc1NC(=O)C(=O)NCCC(O)c1ccsc1. The third-order valence-corrected chi connectivity index (χ3v) is 4.69. The number of nitrogens with one attached hydrogen (secondary N) is 2. The van der Waals surface area contributed by atoms with Crippen molar-refractivity contribution in [3.63, 3.8) is 0 Å². The van der Waals surface area contributed by atoms with Crippen LogP contribution < -0.4 is 10.6 Å². The molecule has 23 heavy (non-hydrogen) atoms. The zero-order valence-electron chi connectivity index (χ0n) is 12.6. The maximum Gasteiger partial charge on any atom is 0.313 e. The van der Waals surface area contributed by atoms with Gasteiger partial charge in [-0.25, -0.2) is 0 Å². The normalized spacial score (nSPS) is 11.7. The van der Waals surface area contributed by atoms with E-state index in [4.69, 9.17) is 0 Å². The summed E-state index contributed by atoms with van der Waals surface area (Å²) >= 11 is 2.99. The molecule has 1 atom stereocenters. The summed E-state index contributed by atoms with van der Waals surface area (Å²) in [5, 5.41) is 18.8. The lowest BCUT2D eigenvalue weighted by atomic mass is 10.1. The summed E-state index contributed by atoms with van der Waals surface area (Å²) in [5.41, 5.74) is 1.43. The molecule has 0 saturated heterocycles. The van der Waals surface area contributed by atoms with Crippen molar-refractivity contribution in [2.45, 2.75) is 17.4 Å². The Morgan fingerprint density at radius 3 is 2.74 bits per heavy atom. The van der Waals surface area contributed by atoms with Gasteiger partial charge in [-0.15, -0.1) is 11.8 Å². The van der Waals surface area contributed by atoms with Gasteiger partial charge in [0.2, 0.25) is 0 Å². The molecule has 122 valence electrons. The largest absolute Gasteiger partial charge is 0.388 e. The maximum absolute atomic E-state index is 11.9. The Morgan fingerprint density at radius 2 is 2.04 bits per heavy atom. The molecule has 3 N–H and O–H groups in total. The summed E-state index contributed by atoms with van der Waals surface area (Å²) in [5.74, 6) is -1.42. The van der Waals surface area contributed by atoms with Crippen LogP contribution in [0, 0.1) is 0 Å². The minimum Gasteiger partial charge on any atom is -0.388 e. The third kappa shape index (κ3) is 5.09. The van der Waals surface area contributed by atoms with Gasteiger partial charge in [-0.1, -0.05) is 12.1 Å². The van der Waals surface area contributed by atoms with Crippen LogP contribution in [0.15, 0.2) is 46.0 Å². The Balaban J connectivity index is 1.80. The summed E-state index contributed by atoms with van der Waals surface area (Å²) in [6.07, 6.45) is 1.62. The first-order valence-electron chi connectivity index (χ1n) is 7.04. The number of carbonyl (C=O) groups excluding carboxylic acids is 2. The predicted octanol–water partition coefficient (Wildman–Crippen LogP) is 2.65. The van der Waals surface area contributed by atoms with Crippen LogP contribution >= 0.6 is 23.1 Å². The zero-order valence-corrected chi connectivity index (χ0v) is 14.2. The number of amides is 2. The van der Waals surface area contributed by atoms with Gasteiger partial charge >= 0.3 is 11.8 Å². The van der Waals surface area contributed by atoms with Crippen molar-refractivity contribution in [1.29, 1.82) is 0 Å². The number of carbonyl (C=O) groups is 2. The lowest BCUT2D eigenvalue weighted by molar-refractivity contribution is -0.136. The molecule has 1 unspecified atom stereocenters. The fraction of sp³-hybridized carbons (Fsp3) is 0.250. The molecule has 2 aromatic rings. The highest BCUT2D eigenvalue weighted by Gasteiger charge is 2.15. The van der Waals surface area contributed by atoms with Crippen LogP contribution in [0.3, 0.4) is 0 Å². The number of thiophene rings is 1. The molecule has 5 nitrogen and oxygen atoms in total. The average molecular weight is 350 g/mol. The molecule has 2 amide bonds. The second kappa shape index (κ2) is 8.71. The maximum atomic E-state index is 11.9. The van der Waals surface area contributed by atoms with Crippen molar-refractivity contribution in [2.24, 2.45) is 0 Å². The molecule has 0 fully saturated rings. The van der Waals surface area contributed by atoms with E-state index in [0.717, 1.165) is 10.5 Å². The predicted molar refractivity (Wildman–Crippen MR) is 93.8 cm³/mol. The fourth-order valence-corrected chi connectivity index (χ4v) is 3.22. The number of hydrogen-bond donors (Lipinski definition) is 3. The Bertz CT molecular complexity index is 659. The van der Waals surface area contributed by atoms with E-state index in [-0.39, 0.29) is 6.54 Å². The molecule has 1 heterocycles. The lowest BCUT2D eigenvalue weighted by Gasteiger charge is -2.11. The molecule has 0 aliphatic carbocycles. The van der Waals surface area contributed by atoms with Crippen LogP contribution in [0.2, 0.25) is 0 Å². The van der Waals surface area contributed by atoms with Crippen molar-refractivity contribution >= 4 is 40.6 Å². The van der Waals surface area contributed by atoms with Gasteiger partial charge < -0.3 is 15.7 Å². The van der Waals surface area contributed by atoms with E-state index in [2.05, 4.69) is 10.6 Å². The molecule has 1 aromatic heterocycles. The Labute approximate surface area is 143 Å². The summed E-state index contributed by atoms with van der Waals surface area (Å²) in [6.45, 7) is 0.230. The number of rotatable bonds is 6. The van der Waals surface area contributed by atoms with Gasteiger partial charge in [0, 0.05) is 11.4 Å². The van der Waals surface area contributed by atoms with E-state index >= 15 is 0 Å². The number of aliphatic hydroxyl groups is 1. The van der Waals surface area contributed by atoms with Gasteiger partial charge in [-0.3, -0.25) is 9.59 Å². The van der Waals surface area contributed by atoms with Crippen molar-refractivity contribution in [2.75, 3.05) is 18.1 Å². The van der Waals surface area contributed by atoms with Crippen LogP contribution in [0.1, 0.15) is 18.1 Å². The second-order valence-corrected chi connectivity index (χ2v) is 6.40. The third-order valence-electron chi connectivity index (χ3n) is 3.19. The minimum atomic E-state index is -0.712. The minimum absolute atomic E-state index is 0.230. The molecule has 0 radical (unpaired) electrons. The quantitative estimate of drug-likeness (QED) is 0.553. The highest BCUT2D eigenvalue weighted by Crippen LogP contribution is 2.24. The Morgan fingerprint density at radius 1 is 1.26 bits per heavy atom. The fourth-order valence-electron chi connectivity index (χ4n) is 1.96. The summed E-state index contributed by atoms with van der Waals surface area (Å²) in [7, 11) is 0. The molecule has 0 aliphatic rings. The molecule has 2 rings (SSSR count).